The average Bonchev–Trinajstić information content (AvgIpc) is 3.08. The normalized spacial score (nSPS) is 45.7. The van der Waals surface area contributed by atoms with Gasteiger partial charge in [0.25, 0.3) is 0 Å². The summed E-state index contributed by atoms with van der Waals surface area (Å²) in [6.07, 6.45) is 10.8. The molecule has 1 saturated carbocycles. The van der Waals surface area contributed by atoms with Gasteiger partial charge in [-0.05, 0) is 44.7 Å². The van der Waals surface area contributed by atoms with E-state index in [0.717, 1.165) is 19.0 Å². The third-order valence-electron chi connectivity index (χ3n) is 6.23. The predicted molar refractivity (Wildman–Crippen MR) is 89.9 cm³/mol. The molecular formula is C19H30N2O. The number of likely N-dealkylation sites (tertiary alicyclic amines) is 1. The summed E-state index contributed by atoms with van der Waals surface area (Å²) in [4.78, 5) is 5.23. The molecule has 3 fully saturated rings. The van der Waals surface area contributed by atoms with Gasteiger partial charge in [0.2, 0.25) is 0 Å². The van der Waals surface area contributed by atoms with Crippen molar-refractivity contribution < 1.29 is 4.74 Å². The Morgan fingerprint density at radius 2 is 2.00 bits per heavy atom. The molecule has 0 amide bonds. The van der Waals surface area contributed by atoms with E-state index >= 15 is 0 Å². The fourth-order valence-electron chi connectivity index (χ4n) is 5.01. The Labute approximate surface area is 135 Å². The molecule has 3 heteroatoms. The van der Waals surface area contributed by atoms with Crippen LogP contribution in [0.3, 0.4) is 0 Å². The maximum absolute atomic E-state index is 5.87. The molecular weight excluding hydrogens is 272 g/mol. The molecule has 2 aliphatic carbocycles. The second kappa shape index (κ2) is 5.47. The third-order valence-corrected chi connectivity index (χ3v) is 6.23. The van der Waals surface area contributed by atoms with Crippen LogP contribution in [0.5, 0.6) is 0 Å². The zero-order valence-corrected chi connectivity index (χ0v) is 14.3. The van der Waals surface area contributed by atoms with E-state index < -0.39 is 0 Å². The Hall–Kier alpha value is -0.640. The van der Waals surface area contributed by atoms with Gasteiger partial charge in [-0.25, -0.2) is 0 Å². The number of nitrogens with zero attached hydrogens (tertiary/aromatic N) is 2. The zero-order valence-electron chi connectivity index (χ0n) is 14.3. The minimum absolute atomic E-state index is 0.363. The van der Waals surface area contributed by atoms with Crippen LogP contribution in [0.25, 0.3) is 0 Å². The Bertz CT molecular complexity index is 490. The number of hydrogen-bond donors (Lipinski definition) is 0. The number of morpholine rings is 1. The van der Waals surface area contributed by atoms with Crippen LogP contribution < -0.4 is 0 Å². The lowest BCUT2D eigenvalue weighted by Crippen LogP contribution is -2.49. The van der Waals surface area contributed by atoms with E-state index in [1.54, 1.807) is 5.57 Å². The van der Waals surface area contributed by atoms with Crippen LogP contribution in [0.15, 0.2) is 23.8 Å². The van der Waals surface area contributed by atoms with Gasteiger partial charge in [-0.15, -0.1) is 0 Å². The van der Waals surface area contributed by atoms with E-state index in [4.69, 9.17) is 4.74 Å². The standard InChI is InChI=1S/C19H30N2O/c1-4-20-12-17-9-19(17,13-20)16-5-7-18(8-6-16)21-10-14(2)22-15(3)11-21/h5-7,14-15,17-18H,4,8-13H2,1-3H3. The highest BCUT2D eigenvalue weighted by Crippen LogP contribution is 2.62. The highest BCUT2D eigenvalue weighted by atomic mass is 16.5. The van der Waals surface area contributed by atoms with Crippen LogP contribution in [0.2, 0.25) is 0 Å². The predicted octanol–water partition coefficient (Wildman–Crippen LogP) is 2.69. The minimum Gasteiger partial charge on any atom is -0.373 e. The Balaban J connectivity index is 1.40. The molecule has 22 heavy (non-hydrogen) atoms. The monoisotopic (exact) mass is 302 g/mol. The van der Waals surface area contributed by atoms with E-state index in [0.29, 0.717) is 23.7 Å². The molecule has 0 aromatic carbocycles. The smallest absolute Gasteiger partial charge is 0.0678 e. The number of hydrogen-bond acceptors (Lipinski definition) is 3. The van der Waals surface area contributed by atoms with Gasteiger partial charge >= 0.3 is 0 Å². The van der Waals surface area contributed by atoms with Crippen LogP contribution in [0.1, 0.15) is 33.6 Å². The molecule has 0 N–H and O–H groups in total. The number of rotatable bonds is 3. The Morgan fingerprint density at radius 1 is 1.23 bits per heavy atom. The Morgan fingerprint density at radius 3 is 2.59 bits per heavy atom. The lowest BCUT2D eigenvalue weighted by molar-refractivity contribution is -0.0751. The lowest BCUT2D eigenvalue weighted by Gasteiger charge is -2.40. The molecule has 5 unspecified atom stereocenters. The number of piperidine rings is 1. The van der Waals surface area contributed by atoms with Crippen LogP contribution >= 0.6 is 0 Å². The van der Waals surface area contributed by atoms with Crippen molar-refractivity contribution in [3.8, 4) is 0 Å². The maximum Gasteiger partial charge on any atom is 0.0678 e. The second-order valence-corrected chi connectivity index (χ2v) is 7.92. The Kier molecular flexibility index (Phi) is 3.71. The first-order valence-corrected chi connectivity index (χ1v) is 9.11. The molecule has 4 aliphatic rings. The molecule has 0 bridgehead atoms. The largest absolute Gasteiger partial charge is 0.373 e. The summed E-state index contributed by atoms with van der Waals surface area (Å²) < 4.78 is 5.87. The van der Waals surface area contributed by atoms with E-state index in [2.05, 4.69) is 48.8 Å². The van der Waals surface area contributed by atoms with E-state index in [1.165, 1.54) is 32.5 Å². The van der Waals surface area contributed by atoms with Crippen molar-refractivity contribution in [3.63, 3.8) is 0 Å². The van der Waals surface area contributed by atoms with E-state index in [1.807, 2.05) is 0 Å². The number of ether oxygens (including phenoxy) is 1. The summed E-state index contributed by atoms with van der Waals surface area (Å²) >= 11 is 0. The second-order valence-electron chi connectivity index (χ2n) is 7.92. The zero-order chi connectivity index (χ0) is 15.3. The van der Waals surface area contributed by atoms with Gasteiger partial charge in [-0.3, -0.25) is 4.90 Å². The molecule has 0 aromatic heterocycles. The molecule has 2 aliphatic heterocycles. The molecule has 0 aromatic rings. The van der Waals surface area contributed by atoms with Crippen molar-refractivity contribution in [3.05, 3.63) is 23.8 Å². The van der Waals surface area contributed by atoms with Crippen molar-refractivity contribution in [2.24, 2.45) is 11.3 Å². The summed E-state index contributed by atoms with van der Waals surface area (Å²) in [6, 6.07) is 0.579. The first kappa shape index (κ1) is 14.9. The fourth-order valence-corrected chi connectivity index (χ4v) is 5.01. The minimum atomic E-state index is 0.363. The first-order chi connectivity index (χ1) is 10.6. The summed E-state index contributed by atoms with van der Waals surface area (Å²) in [7, 11) is 0. The summed E-state index contributed by atoms with van der Waals surface area (Å²) in [5.74, 6) is 0.934. The van der Waals surface area contributed by atoms with Crippen LogP contribution in [0.4, 0.5) is 0 Å². The van der Waals surface area contributed by atoms with Gasteiger partial charge in [0, 0.05) is 37.6 Å². The average molecular weight is 302 g/mol. The molecule has 5 atom stereocenters. The van der Waals surface area contributed by atoms with E-state index in [9.17, 15) is 0 Å². The molecule has 3 nitrogen and oxygen atoms in total. The summed E-state index contributed by atoms with van der Waals surface area (Å²) in [5, 5.41) is 0. The highest BCUT2D eigenvalue weighted by Gasteiger charge is 2.60. The van der Waals surface area contributed by atoms with Crippen molar-refractivity contribution in [2.75, 3.05) is 32.7 Å². The van der Waals surface area contributed by atoms with Crippen molar-refractivity contribution >= 4 is 0 Å². The topological polar surface area (TPSA) is 15.7 Å². The molecule has 2 saturated heterocycles. The summed E-state index contributed by atoms with van der Waals surface area (Å²) in [5.41, 5.74) is 2.17. The van der Waals surface area contributed by atoms with Gasteiger partial charge in [-0.1, -0.05) is 25.2 Å². The van der Waals surface area contributed by atoms with Gasteiger partial charge in [0.15, 0.2) is 0 Å². The van der Waals surface area contributed by atoms with Crippen LogP contribution in [0, 0.1) is 11.3 Å². The van der Waals surface area contributed by atoms with Gasteiger partial charge in [0.05, 0.1) is 12.2 Å². The molecule has 2 heterocycles. The molecule has 0 spiro atoms. The van der Waals surface area contributed by atoms with Crippen molar-refractivity contribution in [2.45, 2.75) is 51.9 Å². The van der Waals surface area contributed by atoms with E-state index in [-0.39, 0.29) is 0 Å². The molecule has 122 valence electrons. The molecule has 0 radical (unpaired) electrons. The van der Waals surface area contributed by atoms with Crippen molar-refractivity contribution in [1.29, 1.82) is 0 Å². The first-order valence-electron chi connectivity index (χ1n) is 9.11. The van der Waals surface area contributed by atoms with Crippen LogP contribution in [-0.2, 0) is 4.74 Å². The number of allylic oxidation sites excluding steroid dienone is 1. The quantitative estimate of drug-likeness (QED) is 0.797. The third kappa shape index (κ3) is 2.47. The van der Waals surface area contributed by atoms with Gasteiger partial charge < -0.3 is 9.64 Å². The van der Waals surface area contributed by atoms with Crippen LogP contribution in [-0.4, -0.2) is 60.8 Å². The fraction of sp³-hybridized carbons (Fsp3) is 0.789. The van der Waals surface area contributed by atoms with Gasteiger partial charge in [0.1, 0.15) is 0 Å². The van der Waals surface area contributed by atoms with Crippen molar-refractivity contribution in [1.82, 2.24) is 9.80 Å². The number of fused-ring (bicyclic) bond motifs is 1. The highest BCUT2D eigenvalue weighted by molar-refractivity contribution is 5.40. The lowest BCUT2D eigenvalue weighted by atomic mass is 9.88. The summed E-state index contributed by atoms with van der Waals surface area (Å²) in [6.45, 7) is 12.6. The molecule has 4 rings (SSSR count). The maximum atomic E-state index is 5.87. The van der Waals surface area contributed by atoms with Gasteiger partial charge in [-0.2, -0.15) is 0 Å². The SMILES string of the molecule is CCN1CC2CC2(C2=CCC(N3CC(C)OC(C)C3)C=C2)C1.